The van der Waals surface area contributed by atoms with Crippen LogP contribution in [0.2, 0.25) is 0 Å². The number of unbranched alkanes of at least 4 members (excludes halogenated alkanes) is 2. The van der Waals surface area contributed by atoms with Crippen molar-refractivity contribution in [3.05, 3.63) is 59.7 Å². The van der Waals surface area contributed by atoms with Crippen LogP contribution in [0.4, 0.5) is 0 Å². The molecule has 4 rings (SSSR count). The predicted molar refractivity (Wildman–Crippen MR) is 153 cm³/mol. The Hall–Kier alpha value is -2.71. The van der Waals surface area contributed by atoms with Gasteiger partial charge in [-0.25, -0.2) is 0 Å². The molecule has 2 aromatic rings. The number of nitrogens with one attached hydrogen (secondary N) is 1. The quantitative estimate of drug-likeness (QED) is 0.408. The van der Waals surface area contributed by atoms with Crippen LogP contribution in [0.5, 0.6) is 11.5 Å². The van der Waals surface area contributed by atoms with Crippen LogP contribution in [0.3, 0.4) is 0 Å². The van der Waals surface area contributed by atoms with Crippen molar-refractivity contribution in [1.82, 2.24) is 15.1 Å². The molecule has 2 aliphatic heterocycles. The molecule has 2 saturated heterocycles. The van der Waals surface area contributed by atoms with Gasteiger partial charge >= 0.3 is 0 Å². The number of likely N-dealkylation sites (tertiary alicyclic amines) is 1. The van der Waals surface area contributed by atoms with Crippen LogP contribution in [-0.4, -0.2) is 72.1 Å². The minimum absolute atomic E-state index is 0.0188. The maximum atomic E-state index is 13.9. The molecule has 0 radical (unpaired) electrons. The highest BCUT2D eigenvalue weighted by molar-refractivity contribution is 8.00. The lowest BCUT2D eigenvalue weighted by Crippen LogP contribution is -2.53. The lowest BCUT2D eigenvalue weighted by Gasteiger charge is -2.34. The second-order valence-corrected chi connectivity index (χ2v) is 11.4. The Morgan fingerprint density at radius 3 is 2.32 bits per heavy atom. The van der Waals surface area contributed by atoms with Gasteiger partial charge in [0.05, 0.1) is 19.6 Å². The number of carbonyl (C=O) groups excluding carboxylic acids is 2. The number of amides is 2. The molecule has 0 aromatic heterocycles. The molecule has 2 amide bonds. The zero-order chi connectivity index (χ0) is 26.9. The molecule has 2 aliphatic rings. The van der Waals surface area contributed by atoms with Crippen LogP contribution in [0.15, 0.2) is 48.5 Å². The fourth-order valence-corrected chi connectivity index (χ4v) is 6.74. The summed E-state index contributed by atoms with van der Waals surface area (Å²) in [6.45, 7) is 5.01. The van der Waals surface area contributed by atoms with E-state index in [2.05, 4.69) is 41.4 Å². The Labute approximate surface area is 231 Å². The van der Waals surface area contributed by atoms with Gasteiger partial charge in [-0.2, -0.15) is 0 Å². The molecule has 0 spiro atoms. The Morgan fingerprint density at radius 2 is 1.68 bits per heavy atom. The summed E-state index contributed by atoms with van der Waals surface area (Å²) < 4.78 is 10.8. The standard InChI is InChI=1S/C30H41N3O4S/c1-4-5-7-12-28-33(30(35)23-17-25(36-2)19-26(18-23)37-3)27(21-38-28)29(34)31-24-13-15-32(16-14-24)20-22-10-8-6-9-11-22/h6,8-11,17-19,24,27-28H,4-5,7,12-16,20-21H2,1-3H3,(H,31,34). The molecule has 8 heteroatoms. The number of methoxy groups -OCH3 is 2. The summed E-state index contributed by atoms with van der Waals surface area (Å²) in [7, 11) is 3.15. The van der Waals surface area contributed by atoms with Crippen LogP contribution in [0.25, 0.3) is 0 Å². The zero-order valence-electron chi connectivity index (χ0n) is 22.9. The molecule has 2 aromatic carbocycles. The minimum atomic E-state index is -0.487. The number of hydrogen-bond donors (Lipinski definition) is 1. The highest BCUT2D eigenvalue weighted by Crippen LogP contribution is 2.35. The van der Waals surface area contributed by atoms with Gasteiger partial charge in [-0.15, -0.1) is 11.8 Å². The van der Waals surface area contributed by atoms with Crippen molar-refractivity contribution in [2.45, 2.75) is 69.5 Å². The van der Waals surface area contributed by atoms with E-state index >= 15 is 0 Å². The van der Waals surface area contributed by atoms with Crippen molar-refractivity contribution in [1.29, 1.82) is 0 Å². The molecule has 0 saturated carbocycles. The van der Waals surface area contributed by atoms with Crippen LogP contribution < -0.4 is 14.8 Å². The van der Waals surface area contributed by atoms with Crippen LogP contribution in [0.1, 0.15) is 61.4 Å². The maximum absolute atomic E-state index is 13.9. The van der Waals surface area contributed by atoms with Crippen LogP contribution in [0, 0.1) is 0 Å². The van der Waals surface area contributed by atoms with Gasteiger partial charge in [-0.05, 0) is 37.0 Å². The number of ether oxygens (including phenoxy) is 2. The number of rotatable bonds is 11. The van der Waals surface area contributed by atoms with Crippen molar-refractivity contribution in [3.8, 4) is 11.5 Å². The largest absolute Gasteiger partial charge is 0.497 e. The molecule has 0 bridgehead atoms. The average Bonchev–Trinajstić information content (AvgIpc) is 3.38. The van der Waals surface area contributed by atoms with Gasteiger partial charge in [0.15, 0.2) is 0 Å². The van der Waals surface area contributed by atoms with E-state index in [0.29, 0.717) is 22.8 Å². The lowest BCUT2D eigenvalue weighted by molar-refractivity contribution is -0.125. The molecule has 2 atom stereocenters. The first-order valence-electron chi connectivity index (χ1n) is 13.8. The van der Waals surface area contributed by atoms with Gasteiger partial charge in [0, 0.05) is 43.1 Å². The van der Waals surface area contributed by atoms with Crippen molar-refractivity contribution in [2.24, 2.45) is 0 Å². The second-order valence-electron chi connectivity index (χ2n) is 10.2. The molecule has 1 N–H and O–H groups in total. The van der Waals surface area contributed by atoms with Gasteiger partial charge < -0.3 is 19.7 Å². The zero-order valence-corrected chi connectivity index (χ0v) is 23.7. The molecule has 2 heterocycles. The Morgan fingerprint density at radius 1 is 1.00 bits per heavy atom. The minimum Gasteiger partial charge on any atom is -0.497 e. The van der Waals surface area contributed by atoms with Gasteiger partial charge in [-0.3, -0.25) is 14.5 Å². The summed E-state index contributed by atoms with van der Waals surface area (Å²) in [6.07, 6.45) is 5.98. The van der Waals surface area contributed by atoms with Gasteiger partial charge in [-0.1, -0.05) is 56.5 Å². The third kappa shape index (κ3) is 7.23. The van der Waals surface area contributed by atoms with E-state index in [4.69, 9.17) is 9.47 Å². The summed E-state index contributed by atoms with van der Waals surface area (Å²) in [4.78, 5) is 31.7. The molecule has 0 aliphatic carbocycles. The highest BCUT2D eigenvalue weighted by Gasteiger charge is 2.42. The van der Waals surface area contributed by atoms with E-state index < -0.39 is 6.04 Å². The predicted octanol–water partition coefficient (Wildman–Crippen LogP) is 4.95. The van der Waals surface area contributed by atoms with Crippen molar-refractivity contribution < 1.29 is 19.1 Å². The normalized spacial score (nSPS) is 20.3. The van der Waals surface area contributed by atoms with Gasteiger partial charge in [0.1, 0.15) is 17.5 Å². The number of hydrogen-bond acceptors (Lipinski definition) is 6. The highest BCUT2D eigenvalue weighted by atomic mass is 32.2. The molecule has 7 nitrogen and oxygen atoms in total. The smallest absolute Gasteiger partial charge is 0.255 e. The van der Waals surface area contributed by atoms with Crippen LogP contribution in [-0.2, 0) is 11.3 Å². The van der Waals surface area contributed by atoms with Crippen molar-refractivity contribution in [2.75, 3.05) is 33.1 Å². The first-order chi connectivity index (χ1) is 18.5. The van der Waals surface area contributed by atoms with E-state index in [-0.39, 0.29) is 23.2 Å². The third-order valence-corrected chi connectivity index (χ3v) is 8.82. The van der Waals surface area contributed by atoms with E-state index in [0.717, 1.165) is 58.2 Å². The summed E-state index contributed by atoms with van der Waals surface area (Å²) in [6, 6.07) is 15.4. The molecular weight excluding hydrogens is 498 g/mol. The molecule has 2 fully saturated rings. The molecule has 38 heavy (non-hydrogen) atoms. The van der Waals surface area contributed by atoms with Crippen molar-refractivity contribution in [3.63, 3.8) is 0 Å². The molecule has 2 unspecified atom stereocenters. The number of nitrogens with zero attached hydrogens (tertiary/aromatic N) is 2. The number of thioether (sulfide) groups is 1. The summed E-state index contributed by atoms with van der Waals surface area (Å²) in [5.41, 5.74) is 1.80. The van der Waals surface area contributed by atoms with Gasteiger partial charge in [0.2, 0.25) is 5.91 Å². The Kier molecular flexibility index (Phi) is 10.4. The topological polar surface area (TPSA) is 71.1 Å². The summed E-state index contributed by atoms with van der Waals surface area (Å²) >= 11 is 1.72. The second kappa shape index (κ2) is 13.9. The van der Waals surface area contributed by atoms with E-state index in [1.807, 2.05) is 11.0 Å². The van der Waals surface area contributed by atoms with E-state index in [1.54, 1.807) is 44.2 Å². The van der Waals surface area contributed by atoms with Gasteiger partial charge in [0.25, 0.3) is 5.91 Å². The van der Waals surface area contributed by atoms with Crippen LogP contribution >= 0.6 is 11.8 Å². The summed E-state index contributed by atoms with van der Waals surface area (Å²) in [5.74, 6) is 1.55. The number of piperidine rings is 1. The summed E-state index contributed by atoms with van der Waals surface area (Å²) in [5, 5.41) is 3.27. The maximum Gasteiger partial charge on any atom is 0.255 e. The first kappa shape index (κ1) is 28.3. The Bertz CT molecular complexity index is 1040. The Balaban J connectivity index is 1.42. The van der Waals surface area contributed by atoms with Crippen molar-refractivity contribution >= 4 is 23.6 Å². The van der Waals surface area contributed by atoms with E-state index in [9.17, 15) is 9.59 Å². The fraction of sp³-hybridized carbons (Fsp3) is 0.533. The first-order valence-corrected chi connectivity index (χ1v) is 14.8. The lowest BCUT2D eigenvalue weighted by atomic mass is 10.0. The molecular formula is C30H41N3O4S. The number of benzene rings is 2. The number of carbonyl (C=O) groups is 2. The fourth-order valence-electron chi connectivity index (χ4n) is 5.28. The third-order valence-electron chi connectivity index (χ3n) is 7.47. The molecule has 206 valence electrons. The average molecular weight is 540 g/mol. The monoisotopic (exact) mass is 539 g/mol. The SMILES string of the molecule is CCCCCC1SCC(C(=O)NC2CCN(Cc3ccccc3)CC2)N1C(=O)c1cc(OC)cc(OC)c1. The van der Waals surface area contributed by atoms with E-state index in [1.165, 1.54) is 5.56 Å².